The first-order chi connectivity index (χ1) is 23.1. The fourth-order valence-corrected chi connectivity index (χ4v) is 8.78. The molecule has 3 aliphatic rings. The number of nitrogens with zero attached hydrogens (tertiary/aromatic N) is 2. The summed E-state index contributed by atoms with van der Waals surface area (Å²) < 4.78 is 31.0. The van der Waals surface area contributed by atoms with Crippen molar-refractivity contribution in [3.63, 3.8) is 0 Å². The lowest BCUT2D eigenvalue weighted by atomic mass is 9.58. The highest BCUT2D eigenvalue weighted by Crippen LogP contribution is 2.60. The van der Waals surface area contributed by atoms with Crippen LogP contribution in [-0.2, 0) is 10.8 Å². The second kappa shape index (κ2) is 13.7. The molecule has 0 spiro atoms. The standard InChI is InChI=1S/C37H52N2O9Si/c1-11-13-15-45-31-22(20-40)19-25(44-8)23-17-21-18-24-29(39(6)7)32-28(35(38-47-32)46-16-14-12-2)34(43)37(24,48-49(9,10)36(3,4)5)33(42)26(21)30(41)27(23)31/h19-21,24,29,42H,11-18H2,1-10H3/t21-,24-,29-,37-/m0/s1. The zero-order chi connectivity index (χ0) is 36.1. The van der Waals surface area contributed by atoms with Crippen LogP contribution in [0.4, 0.5) is 0 Å². The van der Waals surface area contributed by atoms with E-state index in [1.165, 1.54) is 7.11 Å². The van der Waals surface area contributed by atoms with Gasteiger partial charge in [-0.2, -0.15) is 0 Å². The number of aromatic nitrogens is 1. The summed E-state index contributed by atoms with van der Waals surface area (Å²) in [7, 11) is 2.44. The van der Waals surface area contributed by atoms with Gasteiger partial charge in [0.25, 0.3) is 5.88 Å². The molecule has 0 unspecified atom stereocenters. The number of aliphatic hydroxyl groups is 1. The van der Waals surface area contributed by atoms with E-state index in [4.69, 9.17) is 23.2 Å². The quantitative estimate of drug-likeness (QED) is 0.128. The van der Waals surface area contributed by atoms with E-state index in [-0.39, 0.29) is 38.9 Å². The maximum absolute atomic E-state index is 15.2. The van der Waals surface area contributed by atoms with E-state index in [1.54, 1.807) is 6.07 Å². The minimum atomic E-state index is -2.85. The minimum absolute atomic E-state index is 0.0594. The van der Waals surface area contributed by atoms with Crippen LogP contribution in [-0.4, -0.2) is 81.4 Å². The van der Waals surface area contributed by atoms with Gasteiger partial charge in [0.1, 0.15) is 22.8 Å². The molecule has 1 aromatic carbocycles. The first-order valence-corrected chi connectivity index (χ1v) is 20.4. The molecular weight excluding hydrogens is 644 g/mol. The topological polar surface area (TPSA) is 138 Å². The van der Waals surface area contributed by atoms with Crippen LogP contribution in [0.3, 0.4) is 0 Å². The Balaban J connectivity index is 1.81. The minimum Gasteiger partial charge on any atom is -0.508 e. The van der Waals surface area contributed by atoms with Crippen LogP contribution in [0.5, 0.6) is 17.4 Å². The van der Waals surface area contributed by atoms with Crippen LogP contribution in [0, 0.1) is 11.8 Å². The Hall–Kier alpha value is -3.48. The number of methoxy groups -OCH3 is 1. The van der Waals surface area contributed by atoms with Crippen LogP contribution in [0.1, 0.15) is 115 Å². The van der Waals surface area contributed by atoms with Crippen molar-refractivity contribution >= 4 is 26.2 Å². The molecule has 0 fully saturated rings. The van der Waals surface area contributed by atoms with E-state index in [0.29, 0.717) is 49.4 Å². The summed E-state index contributed by atoms with van der Waals surface area (Å²) in [5, 5.41) is 16.6. The highest BCUT2D eigenvalue weighted by atomic mass is 28.4. The summed E-state index contributed by atoms with van der Waals surface area (Å²) in [5.41, 5.74) is -0.713. The molecule has 1 aromatic heterocycles. The molecule has 3 aliphatic carbocycles. The van der Waals surface area contributed by atoms with Gasteiger partial charge in [0, 0.05) is 17.1 Å². The number of hydrogen-bond donors (Lipinski definition) is 1. The van der Waals surface area contributed by atoms with Gasteiger partial charge in [0.2, 0.25) is 5.78 Å². The number of aldehydes is 1. The molecule has 0 radical (unpaired) electrons. The van der Waals surface area contributed by atoms with E-state index in [0.717, 1.165) is 25.7 Å². The average molecular weight is 697 g/mol. The van der Waals surface area contributed by atoms with Crippen molar-refractivity contribution in [2.24, 2.45) is 11.8 Å². The number of allylic oxidation sites excluding steroid dienone is 1. The number of unbranched alkanes of at least 4 members (excludes halogenated alkanes) is 2. The van der Waals surface area contributed by atoms with Gasteiger partial charge >= 0.3 is 0 Å². The molecule has 268 valence electrons. The van der Waals surface area contributed by atoms with Gasteiger partial charge < -0.3 is 28.3 Å². The molecule has 0 bridgehead atoms. The zero-order valence-electron chi connectivity index (χ0n) is 30.7. The molecule has 0 saturated carbocycles. The zero-order valence-corrected chi connectivity index (χ0v) is 31.7. The second-order valence-electron chi connectivity index (χ2n) is 15.3. The predicted octanol–water partition coefficient (Wildman–Crippen LogP) is 7.30. The highest BCUT2D eigenvalue weighted by molar-refractivity contribution is 6.74. The fourth-order valence-electron chi connectivity index (χ4n) is 7.33. The number of hydrogen-bond acceptors (Lipinski definition) is 11. The Kier molecular flexibility index (Phi) is 10.3. The van der Waals surface area contributed by atoms with Crippen molar-refractivity contribution in [2.75, 3.05) is 34.4 Å². The first kappa shape index (κ1) is 36.8. The van der Waals surface area contributed by atoms with Crippen molar-refractivity contribution in [3.05, 3.63) is 45.4 Å². The number of aliphatic hydroxyl groups excluding tert-OH is 1. The summed E-state index contributed by atoms with van der Waals surface area (Å²) in [6, 6.07) is 1.07. The third-order valence-electron chi connectivity index (χ3n) is 10.9. The molecule has 4 atom stereocenters. The molecule has 5 rings (SSSR count). The molecule has 1 heterocycles. The maximum atomic E-state index is 15.2. The average Bonchev–Trinajstić information content (AvgIpc) is 3.45. The van der Waals surface area contributed by atoms with Gasteiger partial charge in [-0.15, -0.1) is 0 Å². The Labute approximate surface area is 290 Å². The van der Waals surface area contributed by atoms with E-state index in [1.807, 2.05) is 45.9 Å². The van der Waals surface area contributed by atoms with Crippen LogP contribution in [0.2, 0.25) is 18.1 Å². The number of carbonyl (C=O) groups is 3. The van der Waals surface area contributed by atoms with E-state index >= 15 is 4.79 Å². The van der Waals surface area contributed by atoms with Gasteiger partial charge in [-0.3, -0.25) is 19.3 Å². The number of ketones is 2. The molecule has 49 heavy (non-hydrogen) atoms. The van der Waals surface area contributed by atoms with Gasteiger partial charge in [0.05, 0.1) is 37.5 Å². The molecule has 1 N–H and O–H groups in total. The van der Waals surface area contributed by atoms with Crippen LogP contribution in [0.25, 0.3) is 0 Å². The second-order valence-corrected chi connectivity index (χ2v) is 20.0. The lowest BCUT2D eigenvalue weighted by Gasteiger charge is -2.55. The van der Waals surface area contributed by atoms with Crippen molar-refractivity contribution in [1.29, 1.82) is 0 Å². The normalized spacial score (nSPS) is 23.5. The van der Waals surface area contributed by atoms with Crippen LogP contribution >= 0.6 is 0 Å². The molecular formula is C37H52N2O9Si. The Bertz CT molecular complexity index is 1650. The third kappa shape index (κ3) is 5.93. The molecule has 11 nitrogen and oxygen atoms in total. The Morgan fingerprint density at radius 2 is 1.76 bits per heavy atom. The SMILES string of the molecule is CCCCOc1noc2c1C(=O)[C@@]1(O[Si](C)(C)C(C)(C)C)C(O)=C3C(=O)c4c(c(OC)cc(C=O)c4OCCCC)C[C@H]3C[C@H]1[C@@H]2N(C)C. The summed E-state index contributed by atoms with van der Waals surface area (Å²) in [4.78, 5) is 44.4. The lowest BCUT2D eigenvalue weighted by molar-refractivity contribution is -0.0480. The largest absolute Gasteiger partial charge is 0.508 e. The van der Waals surface area contributed by atoms with Gasteiger partial charge in [-0.1, -0.05) is 47.5 Å². The fraction of sp³-hybridized carbons (Fsp3) is 0.622. The summed E-state index contributed by atoms with van der Waals surface area (Å²) in [6.07, 6.45) is 4.51. The van der Waals surface area contributed by atoms with E-state index in [2.05, 4.69) is 25.9 Å². The predicted molar refractivity (Wildman–Crippen MR) is 187 cm³/mol. The Morgan fingerprint density at radius 3 is 2.33 bits per heavy atom. The number of rotatable bonds is 13. The number of ether oxygens (including phenoxy) is 3. The highest BCUT2D eigenvalue weighted by Gasteiger charge is 2.67. The summed E-state index contributed by atoms with van der Waals surface area (Å²) in [6.45, 7) is 15.0. The van der Waals surface area contributed by atoms with Crippen molar-refractivity contribution < 1.29 is 42.6 Å². The summed E-state index contributed by atoms with van der Waals surface area (Å²) in [5.74, 6) is -1.56. The number of Topliss-reactive ketones (excluding diaryl/α,β-unsaturated/α-hetero) is 2. The maximum Gasteiger partial charge on any atom is 0.265 e. The Morgan fingerprint density at radius 1 is 1.10 bits per heavy atom. The summed E-state index contributed by atoms with van der Waals surface area (Å²) >= 11 is 0. The molecule has 0 aliphatic heterocycles. The third-order valence-corrected chi connectivity index (χ3v) is 15.3. The number of carbonyl (C=O) groups excluding carboxylic acids is 3. The molecule has 12 heteroatoms. The smallest absolute Gasteiger partial charge is 0.265 e. The van der Waals surface area contributed by atoms with E-state index in [9.17, 15) is 14.7 Å². The monoisotopic (exact) mass is 696 g/mol. The molecule has 0 amide bonds. The molecule has 0 saturated heterocycles. The van der Waals surface area contributed by atoms with Crippen molar-refractivity contribution in [2.45, 2.75) is 103 Å². The lowest BCUT2D eigenvalue weighted by Crippen LogP contribution is -2.65. The van der Waals surface area contributed by atoms with Gasteiger partial charge in [-0.25, -0.2) is 0 Å². The first-order valence-electron chi connectivity index (χ1n) is 17.4. The molecule has 2 aromatic rings. The number of benzene rings is 1. The van der Waals surface area contributed by atoms with Crippen molar-refractivity contribution in [1.82, 2.24) is 10.1 Å². The van der Waals surface area contributed by atoms with E-state index < -0.39 is 49.1 Å². The van der Waals surface area contributed by atoms with Crippen LogP contribution < -0.4 is 14.2 Å². The van der Waals surface area contributed by atoms with Crippen molar-refractivity contribution in [3.8, 4) is 17.4 Å². The number of fused-ring (bicyclic) bond motifs is 4. The van der Waals surface area contributed by atoms with Gasteiger partial charge in [0.15, 0.2) is 31.7 Å². The van der Waals surface area contributed by atoms with Crippen LogP contribution in [0.15, 0.2) is 21.9 Å². The van der Waals surface area contributed by atoms with Gasteiger partial charge in [-0.05, 0) is 75.1 Å².